The Morgan fingerprint density at radius 1 is 0.857 bits per heavy atom. The third-order valence-electron chi connectivity index (χ3n) is 4.91. The lowest BCUT2D eigenvalue weighted by Gasteiger charge is -2.38. The molecule has 5 rings (SSSR count). The van der Waals surface area contributed by atoms with Crippen LogP contribution in [0.15, 0.2) is 60.7 Å². The molecular formula is C20H21O7P. The number of hydrogen-bond acceptors (Lipinski definition) is 7. The van der Waals surface area contributed by atoms with Gasteiger partial charge in [-0.15, -0.1) is 0 Å². The van der Waals surface area contributed by atoms with Gasteiger partial charge < -0.3 is 18.7 Å². The zero-order chi connectivity index (χ0) is 19.4. The molecule has 148 valence electrons. The first-order chi connectivity index (χ1) is 13.4. The van der Waals surface area contributed by atoms with Crippen LogP contribution in [0.4, 0.5) is 0 Å². The van der Waals surface area contributed by atoms with Crippen LogP contribution in [0.25, 0.3) is 0 Å². The number of benzene rings is 2. The summed E-state index contributed by atoms with van der Waals surface area (Å²) in [6.07, 6.45) is -2.98. The number of hydrogen-bond donors (Lipinski definition) is 0. The minimum Gasteiger partial charge on any atom is -0.404 e. The van der Waals surface area contributed by atoms with Crippen molar-refractivity contribution in [3.63, 3.8) is 0 Å². The molecule has 0 bridgehead atoms. The molecule has 0 saturated carbocycles. The van der Waals surface area contributed by atoms with E-state index < -0.39 is 44.3 Å². The second kappa shape index (κ2) is 6.66. The standard InChI is InChI=1S/C20H21O7P/c1-20(2)23-18-17-16(22-19(18)24-20)15(13-9-5-3-6-10-13)26-28(21,27-17)25-14-11-7-4-8-12-14/h3-12,15-19H,1-2H3. The van der Waals surface area contributed by atoms with Gasteiger partial charge in [0.15, 0.2) is 12.1 Å². The van der Waals surface area contributed by atoms with Crippen molar-refractivity contribution in [2.75, 3.05) is 0 Å². The smallest absolute Gasteiger partial charge is 0.404 e. The molecule has 2 aromatic carbocycles. The fourth-order valence-electron chi connectivity index (χ4n) is 3.79. The average molecular weight is 404 g/mol. The van der Waals surface area contributed by atoms with Crippen molar-refractivity contribution in [3.8, 4) is 5.75 Å². The molecule has 3 saturated heterocycles. The summed E-state index contributed by atoms with van der Waals surface area (Å²) in [7, 11) is -3.93. The fourth-order valence-corrected chi connectivity index (χ4v) is 5.36. The zero-order valence-corrected chi connectivity index (χ0v) is 16.4. The lowest BCUT2D eigenvalue weighted by molar-refractivity contribution is -0.231. The molecule has 2 aromatic rings. The van der Waals surface area contributed by atoms with E-state index in [1.807, 2.05) is 36.4 Å². The van der Waals surface area contributed by atoms with Crippen molar-refractivity contribution in [1.29, 1.82) is 0 Å². The number of phosphoric acid groups is 1. The quantitative estimate of drug-likeness (QED) is 0.710. The average Bonchev–Trinajstić information content (AvgIpc) is 3.14. The Balaban J connectivity index is 1.49. The van der Waals surface area contributed by atoms with Gasteiger partial charge in [0.2, 0.25) is 0 Å². The molecular weight excluding hydrogens is 383 g/mol. The molecule has 8 heteroatoms. The van der Waals surface area contributed by atoms with Gasteiger partial charge in [-0.25, -0.2) is 4.57 Å². The van der Waals surface area contributed by atoms with Crippen LogP contribution in [0.2, 0.25) is 0 Å². The van der Waals surface area contributed by atoms with Crippen molar-refractivity contribution in [2.45, 2.75) is 50.3 Å². The van der Waals surface area contributed by atoms with Crippen LogP contribution in [0.1, 0.15) is 25.5 Å². The van der Waals surface area contributed by atoms with Crippen LogP contribution in [0, 0.1) is 0 Å². The van der Waals surface area contributed by atoms with Gasteiger partial charge in [0.05, 0.1) is 0 Å². The predicted molar refractivity (Wildman–Crippen MR) is 98.5 cm³/mol. The van der Waals surface area contributed by atoms with Gasteiger partial charge in [0.1, 0.15) is 30.2 Å². The summed E-state index contributed by atoms with van der Waals surface area (Å²) in [4.78, 5) is 0. The molecule has 0 spiro atoms. The molecule has 0 radical (unpaired) electrons. The Bertz CT molecular complexity index is 888. The van der Waals surface area contributed by atoms with Crippen LogP contribution >= 0.6 is 7.82 Å². The van der Waals surface area contributed by atoms with E-state index in [1.165, 1.54) is 0 Å². The largest absolute Gasteiger partial charge is 0.531 e. The molecule has 0 aromatic heterocycles. The molecule has 7 nitrogen and oxygen atoms in total. The van der Waals surface area contributed by atoms with E-state index in [0.717, 1.165) is 5.56 Å². The SMILES string of the molecule is CC1(C)OC2OC3C(c4ccccc4)OP(=O)(Oc4ccccc4)OC3C2O1. The molecule has 0 amide bonds. The first kappa shape index (κ1) is 18.3. The number of para-hydroxylation sites is 1. The lowest BCUT2D eigenvalue weighted by Crippen LogP contribution is -2.43. The molecule has 3 fully saturated rings. The van der Waals surface area contributed by atoms with E-state index >= 15 is 0 Å². The van der Waals surface area contributed by atoms with Gasteiger partial charge in [0, 0.05) is 0 Å². The third kappa shape index (κ3) is 3.28. The summed E-state index contributed by atoms with van der Waals surface area (Å²) < 4.78 is 48.7. The van der Waals surface area contributed by atoms with Crippen LogP contribution in [0.3, 0.4) is 0 Å². The number of ether oxygens (including phenoxy) is 3. The molecule has 3 aliphatic rings. The molecule has 0 N–H and O–H groups in total. The maximum atomic E-state index is 13.5. The molecule has 0 aliphatic carbocycles. The lowest BCUT2D eigenvalue weighted by atomic mass is 9.99. The molecule has 3 heterocycles. The topological polar surface area (TPSA) is 72.5 Å². The Labute approximate surface area is 163 Å². The van der Waals surface area contributed by atoms with Gasteiger partial charge in [-0.05, 0) is 31.5 Å². The van der Waals surface area contributed by atoms with Crippen molar-refractivity contribution >= 4 is 7.82 Å². The van der Waals surface area contributed by atoms with Gasteiger partial charge in [-0.3, -0.25) is 9.05 Å². The van der Waals surface area contributed by atoms with Crippen molar-refractivity contribution < 1.29 is 32.3 Å². The highest BCUT2D eigenvalue weighted by molar-refractivity contribution is 7.49. The second-order valence-electron chi connectivity index (χ2n) is 7.43. The van der Waals surface area contributed by atoms with E-state index in [1.54, 1.807) is 38.1 Å². The van der Waals surface area contributed by atoms with Crippen LogP contribution in [0.5, 0.6) is 5.75 Å². The second-order valence-corrected chi connectivity index (χ2v) is 8.93. The fraction of sp³-hybridized carbons (Fsp3) is 0.400. The Kier molecular flexibility index (Phi) is 4.36. The molecule has 6 unspecified atom stereocenters. The zero-order valence-electron chi connectivity index (χ0n) is 15.5. The van der Waals surface area contributed by atoms with Crippen LogP contribution in [-0.2, 0) is 27.8 Å². The predicted octanol–water partition coefficient (Wildman–Crippen LogP) is 4.21. The van der Waals surface area contributed by atoms with Gasteiger partial charge in [0.25, 0.3) is 0 Å². The maximum absolute atomic E-state index is 13.5. The summed E-state index contributed by atoms with van der Waals surface area (Å²) in [5.41, 5.74) is 0.817. The third-order valence-corrected chi connectivity index (χ3v) is 6.33. The maximum Gasteiger partial charge on any atom is 0.531 e. The number of fused-ring (bicyclic) bond motifs is 3. The van der Waals surface area contributed by atoms with Crippen LogP contribution in [-0.4, -0.2) is 30.4 Å². The normalized spacial score (nSPS) is 38.6. The van der Waals surface area contributed by atoms with Crippen molar-refractivity contribution in [2.24, 2.45) is 0 Å². The van der Waals surface area contributed by atoms with E-state index in [9.17, 15) is 4.57 Å². The van der Waals surface area contributed by atoms with Gasteiger partial charge in [-0.2, -0.15) is 0 Å². The van der Waals surface area contributed by atoms with Gasteiger partial charge in [-0.1, -0.05) is 48.5 Å². The Morgan fingerprint density at radius 2 is 1.54 bits per heavy atom. The number of phosphoric ester groups is 1. The van der Waals surface area contributed by atoms with Gasteiger partial charge >= 0.3 is 7.82 Å². The minimum absolute atomic E-state index is 0.399. The highest BCUT2D eigenvalue weighted by Crippen LogP contribution is 2.62. The van der Waals surface area contributed by atoms with E-state index in [4.69, 9.17) is 27.8 Å². The van der Waals surface area contributed by atoms with Crippen LogP contribution < -0.4 is 4.52 Å². The first-order valence-electron chi connectivity index (χ1n) is 9.20. The van der Waals surface area contributed by atoms with E-state index in [0.29, 0.717) is 5.75 Å². The monoisotopic (exact) mass is 404 g/mol. The molecule has 3 aliphatic heterocycles. The minimum atomic E-state index is -3.93. The Hall–Kier alpha value is -1.73. The summed E-state index contributed by atoms with van der Waals surface area (Å²) in [6.45, 7) is 3.61. The number of rotatable bonds is 3. The molecule has 28 heavy (non-hydrogen) atoms. The van der Waals surface area contributed by atoms with E-state index in [-0.39, 0.29) is 0 Å². The first-order valence-corrected chi connectivity index (χ1v) is 10.7. The molecule has 6 atom stereocenters. The van der Waals surface area contributed by atoms with Crippen molar-refractivity contribution in [3.05, 3.63) is 66.2 Å². The van der Waals surface area contributed by atoms with E-state index in [2.05, 4.69) is 0 Å². The highest BCUT2D eigenvalue weighted by atomic mass is 31.2. The summed E-state index contributed by atoms with van der Waals surface area (Å²) in [5.74, 6) is -0.412. The highest BCUT2D eigenvalue weighted by Gasteiger charge is 2.63. The summed E-state index contributed by atoms with van der Waals surface area (Å²) in [5, 5.41) is 0. The summed E-state index contributed by atoms with van der Waals surface area (Å²) in [6, 6.07) is 18.3. The Morgan fingerprint density at radius 3 is 2.25 bits per heavy atom. The van der Waals surface area contributed by atoms with Crippen molar-refractivity contribution in [1.82, 2.24) is 0 Å². The summed E-state index contributed by atoms with van der Waals surface area (Å²) >= 11 is 0.